The van der Waals surface area contributed by atoms with Crippen molar-refractivity contribution in [1.29, 1.82) is 0 Å². The van der Waals surface area contributed by atoms with E-state index in [0.717, 1.165) is 27.7 Å². The summed E-state index contributed by atoms with van der Waals surface area (Å²) in [4.78, 5) is 9.34. The van der Waals surface area contributed by atoms with Gasteiger partial charge in [-0.15, -0.1) is 0 Å². The second kappa shape index (κ2) is 7.97. The Balaban J connectivity index is 1.77. The van der Waals surface area contributed by atoms with Crippen LogP contribution >= 0.6 is 23.2 Å². The van der Waals surface area contributed by atoms with Gasteiger partial charge < -0.3 is 0 Å². The molecule has 0 saturated heterocycles. The van der Waals surface area contributed by atoms with E-state index in [-0.39, 0.29) is 0 Å². The number of para-hydroxylation sites is 1. The summed E-state index contributed by atoms with van der Waals surface area (Å²) < 4.78 is 0. The molecule has 0 spiro atoms. The lowest BCUT2D eigenvalue weighted by Crippen LogP contribution is -2.03. The maximum atomic E-state index is 6.17. The second-order valence-electron chi connectivity index (χ2n) is 6.22. The largest absolute Gasteiger partial charge is 0.260 e. The van der Waals surface area contributed by atoms with E-state index in [1.807, 2.05) is 67.6 Å². The minimum atomic E-state index is 0.461. The molecule has 1 heterocycles. The van der Waals surface area contributed by atoms with Crippen molar-refractivity contribution in [2.75, 3.05) is 5.43 Å². The predicted molar refractivity (Wildman–Crippen MR) is 117 cm³/mol. The quantitative estimate of drug-likeness (QED) is 0.313. The van der Waals surface area contributed by atoms with Gasteiger partial charge in [-0.1, -0.05) is 65.7 Å². The van der Waals surface area contributed by atoms with Crippen LogP contribution in [0.3, 0.4) is 0 Å². The molecule has 1 N–H and O–H groups in total. The summed E-state index contributed by atoms with van der Waals surface area (Å²) in [6.07, 6.45) is 0. The number of halogens is 2. The number of hydrazone groups is 1. The Kier molecular flexibility index (Phi) is 5.24. The number of hydrogen-bond donors (Lipinski definition) is 1. The second-order valence-corrected chi connectivity index (χ2v) is 7.03. The molecule has 0 unspecified atom stereocenters. The molecular formula is C22H16Cl2N4. The van der Waals surface area contributed by atoms with Gasteiger partial charge >= 0.3 is 0 Å². The number of nitrogens with one attached hydrogen (secondary N) is 1. The Labute approximate surface area is 172 Å². The summed E-state index contributed by atoms with van der Waals surface area (Å²) in [5, 5.41) is 6.35. The highest BCUT2D eigenvalue weighted by Gasteiger charge is 2.10. The summed E-state index contributed by atoms with van der Waals surface area (Å²) in [5.74, 6) is 1.18. The molecule has 4 aromatic rings. The molecule has 0 aliphatic rings. The van der Waals surface area contributed by atoms with Gasteiger partial charge in [-0.3, -0.25) is 5.43 Å². The molecule has 0 saturated carbocycles. The van der Waals surface area contributed by atoms with E-state index in [1.165, 1.54) is 0 Å². The first-order valence-electron chi connectivity index (χ1n) is 8.70. The van der Waals surface area contributed by atoms with Crippen LogP contribution in [0.5, 0.6) is 0 Å². The molecule has 0 aliphatic carbocycles. The topological polar surface area (TPSA) is 50.2 Å². The van der Waals surface area contributed by atoms with Crippen molar-refractivity contribution in [3.05, 3.63) is 88.4 Å². The highest BCUT2D eigenvalue weighted by Crippen LogP contribution is 2.29. The van der Waals surface area contributed by atoms with E-state index < -0.39 is 0 Å². The molecule has 0 bridgehead atoms. The zero-order chi connectivity index (χ0) is 19.5. The van der Waals surface area contributed by atoms with Crippen molar-refractivity contribution in [3.8, 4) is 11.4 Å². The SMILES string of the molecule is C/C(=N\Nc1nc(-c2ccc(Cl)c(Cl)c2)nc2ccccc12)c1ccccc1. The zero-order valence-electron chi connectivity index (χ0n) is 15.0. The molecule has 3 aromatic carbocycles. The molecular weight excluding hydrogens is 391 g/mol. The monoisotopic (exact) mass is 406 g/mol. The third-order valence-corrected chi connectivity index (χ3v) is 5.04. The Morgan fingerprint density at radius 2 is 1.61 bits per heavy atom. The Hall–Kier alpha value is -2.95. The van der Waals surface area contributed by atoms with Crippen LogP contribution in [0.15, 0.2) is 77.9 Å². The van der Waals surface area contributed by atoms with Gasteiger partial charge in [0.15, 0.2) is 11.6 Å². The lowest BCUT2D eigenvalue weighted by Gasteiger charge is -2.09. The number of nitrogens with zero attached hydrogens (tertiary/aromatic N) is 3. The number of hydrogen-bond acceptors (Lipinski definition) is 4. The van der Waals surface area contributed by atoms with Crippen molar-refractivity contribution in [3.63, 3.8) is 0 Å². The van der Waals surface area contributed by atoms with Crippen LogP contribution in [0.2, 0.25) is 10.0 Å². The molecule has 4 nitrogen and oxygen atoms in total. The minimum Gasteiger partial charge on any atom is -0.260 e. The van der Waals surface area contributed by atoms with E-state index in [9.17, 15) is 0 Å². The van der Waals surface area contributed by atoms with E-state index in [2.05, 4.69) is 20.5 Å². The molecule has 4 rings (SSSR count). The summed E-state index contributed by atoms with van der Waals surface area (Å²) in [6.45, 7) is 1.95. The summed E-state index contributed by atoms with van der Waals surface area (Å²) >= 11 is 12.2. The van der Waals surface area contributed by atoms with Gasteiger partial charge in [0.1, 0.15) is 0 Å². The molecule has 1 aromatic heterocycles. The molecule has 0 atom stereocenters. The van der Waals surface area contributed by atoms with Gasteiger partial charge in [0.2, 0.25) is 0 Å². The third kappa shape index (κ3) is 3.84. The highest BCUT2D eigenvalue weighted by molar-refractivity contribution is 6.42. The fourth-order valence-corrected chi connectivity index (χ4v) is 3.10. The molecule has 0 amide bonds. The average Bonchev–Trinajstić information content (AvgIpc) is 2.74. The molecule has 0 aliphatic heterocycles. The van der Waals surface area contributed by atoms with Crippen molar-refractivity contribution in [2.24, 2.45) is 5.10 Å². The van der Waals surface area contributed by atoms with Crippen LogP contribution in [0.1, 0.15) is 12.5 Å². The first-order chi connectivity index (χ1) is 13.6. The van der Waals surface area contributed by atoms with Crippen LogP contribution in [0, 0.1) is 0 Å². The highest BCUT2D eigenvalue weighted by atomic mass is 35.5. The molecule has 28 heavy (non-hydrogen) atoms. The molecule has 0 radical (unpaired) electrons. The van der Waals surface area contributed by atoms with Crippen molar-refractivity contribution in [2.45, 2.75) is 6.92 Å². The smallest absolute Gasteiger partial charge is 0.162 e. The van der Waals surface area contributed by atoms with E-state index >= 15 is 0 Å². The van der Waals surface area contributed by atoms with Gasteiger partial charge in [0.25, 0.3) is 0 Å². The predicted octanol–water partition coefficient (Wildman–Crippen LogP) is 6.44. The molecule has 0 fully saturated rings. The number of benzene rings is 3. The van der Waals surface area contributed by atoms with E-state index in [4.69, 9.17) is 23.2 Å². The first kappa shape index (κ1) is 18.4. The Morgan fingerprint density at radius 3 is 2.39 bits per heavy atom. The maximum absolute atomic E-state index is 6.17. The fourth-order valence-electron chi connectivity index (χ4n) is 2.81. The number of aromatic nitrogens is 2. The van der Waals surface area contributed by atoms with Gasteiger partial charge in [0.05, 0.1) is 21.3 Å². The van der Waals surface area contributed by atoms with Crippen molar-refractivity contribution < 1.29 is 0 Å². The van der Waals surface area contributed by atoms with Gasteiger partial charge in [0, 0.05) is 10.9 Å². The van der Waals surface area contributed by atoms with Crippen LogP contribution in [-0.2, 0) is 0 Å². The van der Waals surface area contributed by atoms with Crippen molar-refractivity contribution >= 4 is 45.6 Å². The van der Waals surface area contributed by atoms with Crippen LogP contribution < -0.4 is 5.43 Å². The van der Waals surface area contributed by atoms with E-state index in [0.29, 0.717) is 21.7 Å². The average molecular weight is 407 g/mol. The summed E-state index contributed by atoms with van der Waals surface area (Å²) in [5.41, 5.74) is 6.60. The summed E-state index contributed by atoms with van der Waals surface area (Å²) in [6, 6.07) is 23.1. The fraction of sp³-hybridized carbons (Fsp3) is 0.0455. The Morgan fingerprint density at radius 1 is 0.857 bits per heavy atom. The standard InChI is InChI=1S/C22H16Cl2N4/c1-14(15-7-3-2-4-8-15)27-28-22-17-9-5-6-10-20(17)25-21(26-22)16-11-12-18(23)19(24)13-16/h2-13H,1H3,(H,25,26,28)/b27-14+. The number of rotatable bonds is 4. The lowest BCUT2D eigenvalue weighted by atomic mass is 10.1. The summed E-state index contributed by atoms with van der Waals surface area (Å²) in [7, 11) is 0. The Bertz CT molecular complexity index is 1170. The van der Waals surface area contributed by atoms with Crippen LogP contribution in [0.25, 0.3) is 22.3 Å². The van der Waals surface area contributed by atoms with Gasteiger partial charge in [-0.05, 0) is 42.8 Å². The normalized spacial score (nSPS) is 11.6. The minimum absolute atomic E-state index is 0.461. The van der Waals surface area contributed by atoms with Crippen molar-refractivity contribution in [1.82, 2.24) is 9.97 Å². The molecule has 6 heteroatoms. The van der Waals surface area contributed by atoms with Crippen LogP contribution in [-0.4, -0.2) is 15.7 Å². The number of anilines is 1. The third-order valence-electron chi connectivity index (χ3n) is 4.30. The maximum Gasteiger partial charge on any atom is 0.162 e. The van der Waals surface area contributed by atoms with E-state index in [1.54, 1.807) is 12.1 Å². The lowest BCUT2D eigenvalue weighted by molar-refractivity contribution is 1.18. The number of fused-ring (bicyclic) bond motifs is 1. The van der Waals surface area contributed by atoms with Gasteiger partial charge in [-0.2, -0.15) is 5.10 Å². The van der Waals surface area contributed by atoms with Gasteiger partial charge in [-0.25, -0.2) is 9.97 Å². The van der Waals surface area contributed by atoms with Crippen LogP contribution in [0.4, 0.5) is 5.82 Å². The first-order valence-corrected chi connectivity index (χ1v) is 9.45. The zero-order valence-corrected chi connectivity index (χ0v) is 16.5. The molecule has 138 valence electrons.